The molecule has 0 saturated carbocycles. The Hall–Kier alpha value is -2.70. The monoisotopic (exact) mass is 381 g/mol. The van der Waals surface area contributed by atoms with Crippen molar-refractivity contribution in [2.75, 3.05) is 26.0 Å². The smallest absolute Gasteiger partial charge is 0.341 e. The SMILES string of the molecule is COC(=O)c1c(NC(=O)c2ccc3ccccc3c2)sc2c1CC[NH+](C)C2. The number of fused-ring (bicyclic) bond motifs is 2. The fourth-order valence-corrected chi connectivity index (χ4v) is 4.88. The Morgan fingerprint density at radius 1 is 1.15 bits per heavy atom. The van der Waals surface area contributed by atoms with Crippen LogP contribution in [0.2, 0.25) is 0 Å². The Kier molecular flexibility index (Phi) is 4.68. The summed E-state index contributed by atoms with van der Waals surface area (Å²) in [4.78, 5) is 27.7. The van der Waals surface area contributed by atoms with Gasteiger partial charge >= 0.3 is 5.97 Å². The number of ether oxygens (including phenoxy) is 1. The number of anilines is 1. The summed E-state index contributed by atoms with van der Waals surface area (Å²) in [5.74, 6) is -0.605. The number of esters is 1. The van der Waals surface area contributed by atoms with Crippen LogP contribution in [0.25, 0.3) is 10.8 Å². The molecule has 0 spiro atoms. The summed E-state index contributed by atoms with van der Waals surface area (Å²) in [6.07, 6.45) is 0.813. The van der Waals surface area contributed by atoms with E-state index >= 15 is 0 Å². The molecule has 1 amide bonds. The van der Waals surface area contributed by atoms with Crippen molar-refractivity contribution in [2.24, 2.45) is 0 Å². The average Bonchev–Trinajstić information content (AvgIpc) is 3.03. The zero-order valence-corrected chi connectivity index (χ0v) is 16.1. The van der Waals surface area contributed by atoms with E-state index in [1.165, 1.54) is 23.3 Å². The lowest BCUT2D eigenvalue weighted by Crippen LogP contribution is -3.08. The molecule has 1 aliphatic rings. The molecule has 4 rings (SSSR count). The summed E-state index contributed by atoms with van der Waals surface area (Å²) in [7, 11) is 3.51. The molecule has 2 N–H and O–H groups in total. The lowest BCUT2D eigenvalue weighted by atomic mass is 10.0. The highest BCUT2D eigenvalue weighted by Gasteiger charge is 2.30. The predicted octanol–water partition coefficient (Wildman–Crippen LogP) is 2.51. The summed E-state index contributed by atoms with van der Waals surface area (Å²) in [5.41, 5.74) is 2.10. The van der Waals surface area contributed by atoms with Crippen LogP contribution < -0.4 is 10.2 Å². The summed E-state index contributed by atoms with van der Waals surface area (Å²) in [5, 5.41) is 5.62. The van der Waals surface area contributed by atoms with Gasteiger partial charge in [-0.25, -0.2) is 4.79 Å². The first-order valence-corrected chi connectivity index (χ1v) is 9.72. The molecule has 2 aromatic carbocycles. The van der Waals surface area contributed by atoms with Crippen molar-refractivity contribution < 1.29 is 19.2 Å². The molecule has 2 heterocycles. The van der Waals surface area contributed by atoms with Gasteiger partial charge in [0.05, 0.1) is 31.1 Å². The van der Waals surface area contributed by atoms with E-state index in [0.29, 0.717) is 16.1 Å². The topological polar surface area (TPSA) is 59.8 Å². The van der Waals surface area contributed by atoms with Crippen molar-refractivity contribution in [1.29, 1.82) is 0 Å². The number of likely N-dealkylation sites (N-methyl/N-ethyl adjacent to an activating group) is 1. The van der Waals surface area contributed by atoms with Gasteiger partial charge in [-0.2, -0.15) is 0 Å². The van der Waals surface area contributed by atoms with E-state index in [1.807, 2.05) is 36.4 Å². The third kappa shape index (κ3) is 3.34. The normalized spacial score (nSPS) is 16.0. The number of hydrogen-bond acceptors (Lipinski definition) is 4. The van der Waals surface area contributed by atoms with Crippen molar-refractivity contribution in [3.05, 3.63) is 64.0 Å². The van der Waals surface area contributed by atoms with Crippen LogP contribution in [0.4, 0.5) is 5.00 Å². The van der Waals surface area contributed by atoms with E-state index < -0.39 is 0 Å². The largest absolute Gasteiger partial charge is 0.465 e. The average molecular weight is 381 g/mol. The molecule has 0 bridgehead atoms. The third-order valence-corrected chi connectivity index (χ3v) is 6.13. The van der Waals surface area contributed by atoms with Gasteiger partial charge in [-0.15, -0.1) is 11.3 Å². The molecule has 0 aliphatic carbocycles. The molecule has 138 valence electrons. The van der Waals surface area contributed by atoms with Crippen LogP contribution in [0.3, 0.4) is 0 Å². The molecule has 1 aromatic heterocycles. The van der Waals surface area contributed by atoms with Crippen molar-refractivity contribution >= 4 is 39.0 Å². The van der Waals surface area contributed by atoms with Gasteiger partial charge in [-0.05, 0) is 28.5 Å². The fourth-order valence-electron chi connectivity index (χ4n) is 3.53. The van der Waals surface area contributed by atoms with Gasteiger partial charge in [0.15, 0.2) is 0 Å². The number of quaternary nitrogens is 1. The van der Waals surface area contributed by atoms with Crippen LogP contribution in [-0.4, -0.2) is 32.6 Å². The number of thiophene rings is 1. The number of rotatable bonds is 3. The van der Waals surface area contributed by atoms with Crippen molar-refractivity contribution in [2.45, 2.75) is 13.0 Å². The molecule has 0 fully saturated rings. The van der Waals surface area contributed by atoms with Crippen LogP contribution in [0.5, 0.6) is 0 Å². The first kappa shape index (κ1) is 17.7. The summed E-state index contributed by atoms with van der Waals surface area (Å²) >= 11 is 1.48. The van der Waals surface area contributed by atoms with Gasteiger partial charge < -0.3 is 15.0 Å². The molecule has 27 heavy (non-hydrogen) atoms. The highest BCUT2D eigenvalue weighted by molar-refractivity contribution is 7.17. The highest BCUT2D eigenvalue weighted by Crippen LogP contribution is 2.35. The number of carbonyl (C=O) groups is 2. The second kappa shape index (κ2) is 7.13. The van der Waals surface area contributed by atoms with E-state index in [0.717, 1.165) is 40.7 Å². The van der Waals surface area contributed by atoms with Gasteiger partial charge in [0.1, 0.15) is 11.5 Å². The number of amides is 1. The van der Waals surface area contributed by atoms with Crippen LogP contribution in [-0.2, 0) is 17.7 Å². The van der Waals surface area contributed by atoms with Crippen molar-refractivity contribution in [3.63, 3.8) is 0 Å². The number of nitrogens with one attached hydrogen (secondary N) is 2. The quantitative estimate of drug-likeness (QED) is 0.686. The van der Waals surface area contributed by atoms with Gasteiger partial charge in [-0.3, -0.25) is 4.79 Å². The van der Waals surface area contributed by atoms with Crippen LogP contribution in [0.15, 0.2) is 42.5 Å². The Bertz CT molecular complexity index is 1040. The molecule has 1 atom stereocenters. The maximum Gasteiger partial charge on any atom is 0.341 e. The van der Waals surface area contributed by atoms with Gasteiger partial charge in [0.2, 0.25) is 0 Å². The van der Waals surface area contributed by atoms with Crippen LogP contribution in [0.1, 0.15) is 31.2 Å². The Balaban J connectivity index is 1.68. The predicted molar refractivity (Wildman–Crippen MR) is 107 cm³/mol. The molecule has 0 radical (unpaired) electrons. The maximum atomic E-state index is 12.8. The molecule has 5 nitrogen and oxygen atoms in total. The second-order valence-electron chi connectivity index (χ2n) is 6.85. The first-order chi connectivity index (χ1) is 13.1. The van der Waals surface area contributed by atoms with E-state index in [2.05, 4.69) is 12.4 Å². The minimum absolute atomic E-state index is 0.217. The molecular weight excluding hydrogens is 360 g/mol. The van der Waals surface area contributed by atoms with Crippen LogP contribution >= 0.6 is 11.3 Å². The Labute approximate surface area is 161 Å². The standard InChI is InChI=1S/C21H20N2O3S/c1-23-10-9-16-17(12-23)27-20(18(16)21(25)26-2)22-19(24)15-8-7-13-5-3-4-6-14(13)11-15/h3-8,11H,9-10,12H2,1-2H3,(H,22,24)/p+1. The number of carbonyl (C=O) groups excluding carboxylic acids is 2. The minimum atomic E-state index is -0.388. The molecule has 1 unspecified atom stereocenters. The summed E-state index contributed by atoms with van der Waals surface area (Å²) < 4.78 is 4.98. The van der Waals surface area contributed by atoms with Gasteiger partial charge in [0, 0.05) is 12.0 Å². The number of benzene rings is 2. The first-order valence-electron chi connectivity index (χ1n) is 8.91. The summed E-state index contributed by atoms with van der Waals surface area (Å²) in [6, 6.07) is 13.5. The zero-order chi connectivity index (χ0) is 19.0. The van der Waals surface area contributed by atoms with E-state index in [-0.39, 0.29) is 11.9 Å². The van der Waals surface area contributed by atoms with Gasteiger partial charge in [0.25, 0.3) is 5.91 Å². The van der Waals surface area contributed by atoms with E-state index in [1.54, 1.807) is 6.07 Å². The minimum Gasteiger partial charge on any atom is -0.465 e. The third-order valence-electron chi connectivity index (χ3n) is 4.98. The van der Waals surface area contributed by atoms with E-state index in [4.69, 9.17) is 4.74 Å². The molecule has 1 aliphatic heterocycles. The van der Waals surface area contributed by atoms with Crippen molar-refractivity contribution in [1.82, 2.24) is 0 Å². The van der Waals surface area contributed by atoms with E-state index in [9.17, 15) is 9.59 Å². The van der Waals surface area contributed by atoms with Crippen LogP contribution in [0, 0.1) is 0 Å². The summed E-state index contributed by atoms with van der Waals surface area (Å²) in [6.45, 7) is 1.82. The maximum absolute atomic E-state index is 12.8. The van der Waals surface area contributed by atoms with Gasteiger partial charge in [-0.1, -0.05) is 30.3 Å². The lowest BCUT2D eigenvalue weighted by Gasteiger charge is -2.19. The molecule has 0 saturated heterocycles. The highest BCUT2D eigenvalue weighted by atomic mass is 32.1. The second-order valence-corrected chi connectivity index (χ2v) is 7.95. The Morgan fingerprint density at radius 3 is 2.70 bits per heavy atom. The van der Waals surface area contributed by atoms with Crippen molar-refractivity contribution in [3.8, 4) is 0 Å². The number of methoxy groups -OCH3 is 1. The fraction of sp³-hybridized carbons (Fsp3) is 0.238. The Morgan fingerprint density at radius 2 is 1.93 bits per heavy atom. The zero-order valence-electron chi connectivity index (χ0n) is 15.3. The lowest BCUT2D eigenvalue weighted by molar-refractivity contribution is -0.895. The molecular formula is C21H21N2O3S+. The molecule has 6 heteroatoms. The number of hydrogen-bond donors (Lipinski definition) is 2. The molecule has 3 aromatic rings.